The summed E-state index contributed by atoms with van der Waals surface area (Å²) in [6.45, 7) is 1.71. The molecule has 1 aromatic carbocycles. The molecule has 0 bridgehead atoms. The number of hydrogen-bond acceptors (Lipinski definition) is 5. The van der Waals surface area contributed by atoms with Gasteiger partial charge in [0.2, 0.25) is 0 Å². The molecule has 1 aliphatic carbocycles. The van der Waals surface area contributed by atoms with Gasteiger partial charge >= 0.3 is 6.18 Å². The van der Waals surface area contributed by atoms with E-state index in [2.05, 4.69) is 15.4 Å². The summed E-state index contributed by atoms with van der Waals surface area (Å²) < 4.78 is 62.6. The molecule has 1 saturated carbocycles. The lowest BCUT2D eigenvalue weighted by Gasteiger charge is -2.19. The molecule has 198 valence electrons. The van der Waals surface area contributed by atoms with Crippen LogP contribution < -0.4 is 11.0 Å². The first-order chi connectivity index (χ1) is 18.0. The number of benzene rings is 1. The number of carbonyl (C=O) groups excluding carboxylic acids is 1. The van der Waals surface area contributed by atoms with Gasteiger partial charge in [0.25, 0.3) is 11.6 Å². The van der Waals surface area contributed by atoms with Gasteiger partial charge in [0.1, 0.15) is 12.1 Å². The van der Waals surface area contributed by atoms with Crippen molar-refractivity contribution in [3.63, 3.8) is 0 Å². The van der Waals surface area contributed by atoms with Crippen LogP contribution in [0.15, 0.2) is 53.5 Å². The summed E-state index contributed by atoms with van der Waals surface area (Å²) >= 11 is 0. The zero-order valence-corrected chi connectivity index (χ0v) is 20.5. The van der Waals surface area contributed by atoms with Crippen LogP contribution in [-0.2, 0) is 19.8 Å². The molecule has 5 rings (SSSR count). The van der Waals surface area contributed by atoms with E-state index < -0.39 is 29.6 Å². The van der Waals surface area contributed by atoms with Crippen molar-refractivity contribution in [2.24, 2.45) is 13.0 Å². The van der Waals surface area contributed by atoms with Crippen molar-refractivity contribution in [2.75, 3.05) is 0 Å². The molecular weight excluding hydrogens is 504 g/mol. The smallest absolute Gasteiger partial charge is 0.432 e. The van der Waals surface area contributed by atoms with E-state index in [0.717, 1.165) is 23.7 Å². The summed E-state index contributed by atoms with van der Waals surface area (Å²) in [6.07, 6.45) is 2.23. The molecular formula is C26H24F4N6O2. The molecule has 0 radical (unpaired) electrons. The SMILES string of the molecule is Cc1cc(C(NC(=O)c2cc(Cn3ccoc3=N)cc(-c3cn(C)nc3C(F)(F)F)c2)C2CC2)ncc1F. The number of nitrogens with zero attached hydrogens (tertiary/aromatic N) is 4. The Hall–Kier alpha value is -4.22. The Labute approximate surface area is 214 Å². The molecule has 1 atom stereocenters. The minimum absolute atomic E-state index is 0.0931. The minimum atomic E-state index is -4.70. The predicted octanol–water partition coefficient (Wildman–Crippen LogP) is 4.75. The van der Waals surface area contributed by atoms with Crippen LogP contribution in [0.25, 0.3) is 11.1 Å². The van der Waals surface area contributed by atoms with Crippen molar-refractivity contribution in [1.29, 1.82) is 5.41 Å². The highest BCUT2D eigenvalue weighted by Crippen LogP contribution is 2.41. The average molecular weight is 529 g/mol. The molecule has 1 unspecified atom stereocenters. The summed E-state index contributed by atoms with van der Waals surface area (Å²) in [5.41, 5.74) is 0.316. The number of halogens is 4. The maximum atomic E-state index is 13.8. The van der Waals surface area contributed by atoms with E-state index in [1.165, 1.54) is 42.4 Å². The Morgan fingerprint density at radius 3 is 2.66 bits per heavy atom. The number of aryl methyl sites for hydroxylation is 2. The van der Waals surface area contributed by atoms with Gasteiger partial charge < -0.3 is 9.73 Å². The second-order valence-corrected chi connectivity index (χ2v) is 9.46. The highest BCUT2D eigenvalue weighted by molar-refractivity contribution is 5.96. The van der Waals surface area contributed by atoms with Gasteiger partial charge in [-0.3, -0.25) is 24.4 Å². The van der Waals surface area contributed by atoms with Gasteiger partial charge in [-0.25, -0.2) is 4.39 Å². The maximum Gasteiger partial charge on any atom is 0.435 e. The van der Waals surface area contributed by atoms with E-state index in [0.29, 0.717) is 16.8 Å². The van der Waals surface area contributed by atoms with E-state index >= 15 is 0 Å². The minimum Gasteiger partial charge on any atom is -0.432 e. The fourth-order valence-corrected chi connectivity index (χ4v) is 4.42. The Morgan fingerprint density at radius 2 is 2.03 bits per heavy atom. The molecule has 2 N–H and O–H groups in total. The summed E-state index contributed by atoms with van der Waals surface area (Å²) in [7, 11) is 1.39. The molecule has 1 aliphatic rings. The third kappa shape index (κ3) is 5.24. The summed E-state index contributed by atoms with van der Waals surface area (Å²) in [5, 5.41) is 14.4. The number of carbonyl (C=O) groups is 1. The van der Waals surface area contributed by atoms with E-state index in [1.807, 2.05) is 0 Å². The molecule has 0 saturated heterocycles. The number of oxazole rings is 1. The van der Waals surface area contributed by atoms with Crippen molar-refractivity contribution in [3.8, 4) is 11.1 Å². The Kier molecular flexibility index (Phi) is 6.41. The monoisotopic (exact) mass is 528 g/mol. The topological polar surface area (TPSA) is 102 Å². The highest BCUT2D eigenvalue weighted by atomic mass is 19.4. The van der Waals surface area contributed by atoms with E-state index in [4.69, 9.17) is 9.83 Å². The van der Waals surface area contributed by atoms with Crippen molar-refractivity contribution >= 4 is 5.91 Å². The van der Waals surface area contributed by atoms with Crippen LogP contribution >= 0.6 is 0 Å². The van der Waals surface area contributed by atoms with Gasteiger partial charge in [-0.05, 0) is 66.6 Å². The van der Waals surface area contributed by atoms with Gasteiger partial charge in [-0.15, -0.1) is 0 Å². The number of hydrogen-bond donors (Lipinski definition) is 2. The van der Waals surface area contributed by atoms with E-state index in [-0.39, 0.29) is 34.8 Å². The lowest BCUT2D eigenvalue weighted by Crippen LogP contribution is -2.30. The number of pyridine rings is 1. The third-order valence-corrected chi connectivity index (χ3v) is 6.46. The maximum absolute atomic E-state index is 13.8. The predicted molar refractivity (Wildman–Crippen MR) is 127 cm³/mol. The third-order valence-electron chi connectivity index (χ3n) is 6.46. The molecule has 1 amide bonds. The first kappa shape index (κ1) is 25.4. The zero-order chi connectivity index (χ0) is 27.2. The second kappa shape index (κ2) is 9.58. The molecule has 3 heterocycles. The molecule has 4 aromatic rings. The van der Waals surface area contributed by atoms with Crippen LogP contribution in [0, 0.1) is 24.1 Å². The van der Waals surface area contributed by atoms with Crippen LogP contribution in [0.2, 0.25) is 0 Å². The Morgan fingerprint density at radius 1 is 1.26 bits per heavy atom. The Balaban J connectivity index is 1.55. The van der Waals surface area contributed by atoms with Crippen molar-refractivity contribution in [3.05, 3.63) is 88.7 Å². The summed E-state index contributed by atoms with van der Waals surface area (Å²) in [5.74, 6) is -0.828. The Bertz CT molecular complexity index is 1560. The molecule has 0 aliphatic heterocycles. The number of alkyl halides is 3. The van der Waals surface area contributed by atoms with Crippen LogP contribution in [-0.4, -0.2) is 25.2 Å². The number of rotatable bonds is 7. The van der Waals surface area contributed by atoms with E-state index in [9.17, 15) is 22.4 Å². The average Bonchev–Trinajstić information content (AvgIpc) is 3.50. The van der Waals surface area contributed by atoms with E-state index in [1.54, 1.807) is 19.1 Å². The summed E-state index contributed by atoms with van der Waals surface area (Å²) in [4.78, 5) is 17.7. The first-order valence-corrected chi connectivity index (χ1v) is 11.9. The number of amides is 1. The first-order valence-electron chi connectivity index (χ1n) is 11.9. The lowest BCUT2D eigenvalue weighted by atomic mass is 9.98. The van der Waals surface area contributed by atoms with Gasteiger partial charge in [0.15, 0.2) is 5.69 Å². The molecule has 0 spiro atoms. The highest BCUT2D eigenvalue weighted by Gasteiger charge is 2.38. The molecule has 8 nitrogen and oxygen atoms in total. The second-order valence-electron chi connectivity index (χ2n) is 9.46. The van der Waals surface area contributed by atoms with Crippen LogP contribution in [0.5, 0.6) is 0 Å². The fraction of sp³-hybridized carbons (Fsp3) is 0.308. The standard InChI is InChI=1S/C26H24F4N6O2/c1-14-7-21(32-11-20(14)27)22(16-3-4-16)33-24(37)18-9-15(12-36-5-6-38-25(36)31)8-17(10-18)19-13-35(2)34-23(19)26(28,29)30/h5-11,13,16,22,31H,3-4,12H2,1-2H3,(H,33,37). The number of aromatic nitrogens is 4. The molecule has 1 fully saturated rings. The fourth-order valence-electron chi connectivity index (χ4n) is 4.42. The zero-order valence-electron chi connectivity index (χ0n) is 20.5. The van der Waals surface area contributed by atoms with Crippen LogP contribution in [0.3, 0.4) is 0 Å². The van der Waals surface area contributed by atoms with Crippen LogP contribution in [0.4, 0.5) is 17.6 Å². The molecule has 38 heavy (non-hydrogen) atoms. The largest absolute Gasteiger partial charge is 0.435 e. The van der Waals surface area contributed by atoms with Crippen molar-refractivity contribution in [2.45, 2.75) is 38.5 Å². The van der Waals surface area contributed by atoms with Gasteiger partial charge in [0.05, 0.1) is 24.5 Å². The van der Waals surface area contributed by atoms with Crippen molar-refractivity contribution < 1.29 is 26.8 Å². The molecule has 12 heteroatoms. The normalized spacial score (nSPS) is 14.5. The van der Waals surface area contributed by atoms with Gasteiger partial charge in [-0.2, -0.15) is 18.3 Å². The quantitative estimate of drug-likeness (QED) is 0.338. The summed E-state index contributed by atoms with van der Waals surface area (Å²) in [6, 6.07) is 5.61. The molecule has 3 aromatic heterocycles. The van der Waals surface area contributed by atoms with Crippen LogP contribution in [0.1, 0.15) is 51.8 Å². The lowest BCUT2D eigenvalue weighted by molar-refractivity contribution is -0.140. The van der Waals surface area contributed by atoms with Gasteiger partial charge in [-0.1, -0.05) is 0 Å². The number of nitrogens with one attached hydrogen (secondary N) is 2. The van der Waals surface area contributed by atoms with Gasteiger partial charge in [0, 0.05) is 30.6 Å². The van der Waals surface area contributed by atoms with Crippen molar-refractivity contribution in [1.82, 2.24) is 24.6 Å².